The van der Waals surface area contributed by atoms with Gasteiger partial charge in [0.25, 0.3) is 0 Å². The fourth-order valence-corrected chi connectivity index (χ4v) is 4.16. The van der Waals surface area contributed by atoms with Gasteiger partial charge in [-0.2, -0.15) is 8.78 Å². The molecule has 158 valence electrons. The molecule has 1 aromatic heterocycles. The van der Waals surface area contributed by atoms with Gasteiger partial charge in [-0.25, -0.2) is 0 Å². The summed E-state index contributed by atoms with van der Waals surface area (Å²) in [6, 6.07) is 14.0. The van der Waals surface area contributed by atoms with Crippen molar-refractivity contribution >= 4 is 22.5 Å². The summed E-state index contributed by atoms with van der Waals surface area (Å²) in [6.45, 7) is 0.729. The van der Waals surface area contributed by atoms with E-state index in [9.17, 15) is 13.6 Å². The van der Waals surface area contributed by atoms with Crippen molar-refractivity contribution in [2.75, 3.05) is 18.4 Å². The standard InChI is InChI=1S/C23H25F2N3O2/c1-15(22(29)27-17-6-8-18(9-7-17)30-23(24)25)28-12-10-16(11-13-28)20-14-26-21-5-3-2-4-19(20)21/h2-9,14-16,23,26H,10-13H2,1H3,(H,27,29)/t15-/m1/s1. The van der Waals surface area contributed by atoms with Gasteiger partial charge < -0.3 is 15.0 Å². The number of likely N-dealkylation sites (tertiary alicyclic amines) is 1. The van der Waals surface area contributed by atoms with Gasteiger partial charge in [-0.15, -0.1) is 0 Å². The summed E-state index contributed by atoms with van der Waals surface area (Å²) in [4.78, 5) is 18.2. The normalized spacial score (nSPS) is 16.7. The summed E-state index contributed by atoms with van der Waals surface area (Å²) in [5.74, 6) is 0.438. The molecular weight excluding hydrogens is 388 g/mol. The molecule has 2 N–H and O–H groups in total. The number of halogens is 2. The quantitative estimate of drug-likeness (QED) is 0.600. The molecule has 30 heavy (non-hydrogen) atoms. The first-order valence-electron chi connectivity index (χ1n) is 10.2. The largest absolute Gasteiger partial charge is 0.435 e. The van der Waals surface area contributed by atoms with E-state index in [4.69, 9.17) is 0 Å². The highest BCUT2D eigenvalue weighted by atomic mass is 19.3. The van der Waals surface area contributed by atoms with Crippen LogP contribution in [0.15, 0.2) is 54.7 Å². The summed E-state index contributed by atoms with van der Waals surface area (Å²) in [5.41, 5.74) is 3.07. The highest BCUT2D eigenvalue weighted by Gasteiger charge is 2.28. The third-order valence-corrected chi connectivity index (χ3v) is 5.86. The van der Waals surface area contributed by atoms with E-state index in [0.717, 1.165) is 31.4 Å². The van der Waals surface area contributed by atoms with E-state index in [1.54, 1.807) is 12.1 Å². The molecule has 0 radical (unpaired) electrons. The number of piperidine rings is 1. The zero-order chi connectivity index (χ0) is 21.1. The van der Waals surface area contributed by atoms with Crippen molar-refractivity contribution in [3.8, 4) is 5.75 Å². The first-order valence-corrected chi connectivity index (χ1v) is 10.2. The van der Waals surface area contributed by atoms with Gasteiger partial charge in [0, 0.05) is 22.8 Å². The van der Waals surface area contributed by atoms with Gasteiger partial charge in [-0.05, 0) is 74.7 Å². The van der Waals surface area contributed by atoms with Crippen LogP contribution in [-0.4, -0.2) is 41.5 Å². The number of nitrogens with zero attached hydrogens (tertiary/aromatic N) is 1. The number of hydrogen-bond acceptors (Lipinski definition) is 3. The minimum atomic E-state index is -2.86. The number of hydrogen-bond donors (Lipinski definition) is 2. The molecule has 3 aromatic rings. The number of H-pyrrole nitrogens is 1. The van der Waals surface area contributed by atoms with E-state index >= 15 is 0 Å². The molecule has 2 aromatic carbocycles. The Labute approximate surface area is 174 Å². The van der Waals surface area contributed by atoms with Crippen LogP contribution in [0.4, 0.5) is 14.5 Å². The zero-order valence-corrected chi connectivity index (χ0v) is 16.8. The van der Waals surface area contributed by atoms with Gasteiger partial charge in [-0.1, -0.05) is 18.2 Å². The maximum Gasteiger partial charge on any atom is 0.387 e. The second-order valence-corrected chi connectivity index (χ2v) is 7.67. The summed E-state index contributed by atoms with van der Waals surface area (Å²) in [6.07, 6.45) is 4.11. The topological polar surface area (TPSA) is 57.4 Å². The van der Waals surface area contributed by atoms with Crippen LogP contribution in [0, 0.1) is 0 Å². The Morgan fingerprint density at radius 2 is 1.83 bits per heavy atom. The van der Waals surface area contributed by atoms with Gasteiger partial charge in [0.2, 0.25) is 5.91 Å². The minimum Gasteiger partial charge on any atom is -0.435 e. The van der Waals surface area contributed by atoms with Crippen LogP contribution in [0.25, 0.3) is 10.9 Å². The van der Waals surface area contributed by atoms with E-state index in [2.05, 4.69) is 44.3 Å². The number of rotatable bonds is 6. The lowest BCUT2D eigenvalue weighted by Gasteiger charge is -2.35. The van der Waals surface area contributed by atoms with E-state index in [1.165, 1.54) is 23.1 Å². The van der Waals surface area contributed by atoms with Crippen molar-refractivity contribution in [3.05, 3.63) is 60.3 Å². The highest BCUT2D eigenvalue weighted by Crippen LogP contribution is 2.33. The Kier molecular flexibility index (Phi) is 5.99. The molecular formula is C23H25F2N3O2. The summed E-state index contributed by atoms with van der Waals surface area (Å²) in [7, 11) is 0. The van der Waals surface area contributed by atoms with Crippen molar-refractivity contribution < 1.29 is 18.3 Å². The number of benzene rings is 2. The lowest BCUT2D eigenvalue weighted by atomic mass is 9.88. The minimum absolute atomic E-state index is 0.0652. The van der Waals surface area contributed by atoms with Crippen LogP contribution >= 0.6 is 0 Å². The molecule has 1 aliphatic heterocycles. The molecule has 0 spiro atoms. The molecule has 1 aliphatic rings. The third kappa shape index (κ3) is 4.46. The van der Waals surface area contributed by atoms with Crippen LogP contribution in [0.2, 0.25) is 0 Å². The second-order valence-electron chi connectivity index (χ2n) is 7.67. The molecule has 1 fully saturated rings. The molecule has 7 heteroatoms. The van der Waals surface area contributed by atoms with Crippen molar-refractivity contribution in [2.45, 2.75) is 38.3 Å². The van der Waals surface area contributed by atoms with E-state index in [1.807, 2.05) is 13.0 Å². The molecule has 0 aliphatic carbocycles. The van der Waals surface area contributed by atoms with Crippen molar-refractivity contribution in [2.24, 2.45) is 0 Å². The van der Waals surface area contributed by atoms with Crippen molar-refractivity contribution in [1.82, 2.24) is 9.88 Å². The summed E-state index contributed by atoms with van der Waals surface area (Å²) in [5, 5.41) is 4.13. The maximum atomic E-state index is 12.7. The average molecular weight is 413 g/mol. The molecule has 0 saturated carbocycles. The number of nitrogens with one attached hydrogen (secondary N) is 2. The number of ether oxygens (including phenoxy) is 1. The SMILES string of the molecule is C[C@H](C(=O)Nc1ccc(OC(F)F)cc1)N1CCC(c2c[nH]c3ccccc23)CC1. The third-order valence-electron chi connectivity index (χ3n) is 5.86. The van der Waals surface area contributed by atoms with Gasteiger partial charge in [0.1, 0.15) is 5.75 Å². The van der Waals surface area contributed by atoms with Crippen molar-refractivity contribution in [3.63, 3.8) is 0 Å². The van der Waals surface area contributed by atoms with E-state index in [0.29, 0.717) is 11.6 Å². The monoisotopic (exact) mass is 413 g/mol. The number of fused-ring (bicyclic) bond motifs is 1. The van der Waals surface area contributed by atoms with Gasteiger partial charge >= 0.3 is 6.61 Å². The van der Waals surface area contributed by atoms with Gasteiger partial charge in [-0.3, -0.25) is 9.69 Å². The second kappa shape index (κ2) is 8.83. The molecule has 4 rings (SSSR count). The smallest absolute Gasteiger partial charge is 0.387 e. The van der Waals surface area contributed by atoms with Crippen LogP contribution in [0.5, 0.6) is 5.75 Å². The maximum absolute atomic E-state index is 12.7. The van der Waals surface area contributed by atoms with Crippen LogP contribution in [-0.2, 0) is 4.79 Å². The first kappa shape index (κ1) is 20.3. The number of carbonyl (C=O) groups is 1. The average Bonchev–Trinajstić information content (AvgIpc) is 3.18. The Morgan fingerprint density at radius 1 is 1.13 bits per heavy atom. The summed E-state index contributed by atoms with van der Waals surface area (Å²) < 4.78 is 28.8. The van der Waals surface area contributed by atoms with Crippen LogP contribution in [0.3, 0.4) is 0 Å². The van der Waals surface area contributed by atoms with Crippen molar-refractivity contribution in [1.29, 1.82) is 0 Å². The number of alkyl halides is 2. The zero-order valence-electron chi connectivity index (χ0n) is 16.8. The van der Waals surface area contributed by atoms with Gasteiger partial charge in [0.15, 0.2) is 0 Å². The number of aromatic nitrogens is 1. The molecule has 1 amide bonds. The van der Waals surface area contributed by atoms with E-state index < -0.39 is 6.61 Å². The number of para-hydroxylation sites is 1. The Bertz CT molecular complexity index is 995. The van der Waals surface area contributed by atoms with E-state index in [-0.39, 0.29) is 17.7 Å². The number of anilines is 1. The lowest BCUT2D eigenvalue weighted by molar-refractivity contribution is -0.121. The number of amides is 1. The van der Waals surface area contributed by atoms with Crippen LogP contribution in [0.1, 0.15) is 31.2 Å². The van der Waals surface area contributed by atoms with Crippen LogP contribution < -0.4 is 10.1 Å². The molecule has 0 bridgehead atoms. The first-order chi connectivity index (χ1) is 14.5. The molecule has 5 nitrogen and oxygen atoms in total. The fraction of sp³-hybridized carbons (Fsp3) is 0.348. The highest BCUT2D eigenvalue weighted by molar-refractivity contribution is 5.94. The summed E-state index contributed by atoms with van der Waals surface area (Å²) >= 11 is 0. The molecule has 2 heterocycles. The predicted octanol–water partition coefficient (Wildman–Crippen LogP) is 4.98. The Balaban J connectivity index is 1.32. The number of carbonyl (C=O) groups excluding carboxylic acids is 1. The number of aromatic amines is 1. The van der Waals surface area contributed by atoms with Gasteiger partial charge in [0.05, 0.1) is 6.04 Å². The molecule has 1 saturated heterocycles. The lowest BCUT2D eigenvalue weighted by Crippen LogP contribution is -2.45. The molecule has 0 unspecified atom stereocenters. The Hall–Kier alpha value is -2.93. The predicted molar refractivity (Wildman–Crippen MR) is 113 cm³/mol. The Morgan fingerprint density at radius 3 is 2.53 bits per heavy atom. The fourth-order valence-electron chi connectivity index (χ4n) is 4.16. The molecule has 1 atom stereocenters.